The molecule has 0 bridgehead atoms. The fourth-order valence-corrected chi connectivity index (χ4v) is 3.86. The van der Waals surface area contributed by atoms with Crippen molar-refractivity contribution in [1.82, 2.24) is 9.55 Å². The van der Waals surface area contributed by atoms with Gasteiger partial charge in [-0.15, -0.1) is 0 Å². The number of hydrogen-bond acceptors (Lipinski definition) is 2. The minimum absolute atomic E-state index is 0.704. The lowest BCUT2D eigenvalue weighted by Gasteiger charge is -2.35. The first-order valence-corrected chi connectivity index (χ1v) is 8.48. The number of aryl methyl sites for hydroxylation is 1. The first kappa shape index (κ1) is 15.6. The van der Waals surface area contributed by atoms with E-state index in [4.69, 9.17) is 5.73 Å². The number of rotatable bonds is 7. The maximum atomic E-state index is 6.01. The van der Waals surface area contributed by atoms with E-state index in [1.54, 1.807) is 0 Å². The van der Waals surface area contributed by atoms with Crippen LogP contribution in [0.1, 0.15) is 58.2 Å². The molecule has 2 N–H and O–H groups in total. The highest BCUT2D eigenvalue weighted by Gasteiger charge is 2.30. The van der Waals surface area contributed by atoms with E-state index in [0.717, 1.165) is 31.3 Å². The molecule has 0 spiro atoms. The topological polar surface area (TPSA) is 43.8 Å². The second kappa shape index (κ2) is 7.82. The largest absolute Gasteiger partial charge is 0.335 e. The summed E-state index contributed by atoms with van der Waals surface area (Å²) in [6.07, 6.45) is 13.1. The van der Waals surface area contributed by atoms with Crippen molar-refractivity contribution in [1.29, 1.82) is 0 Å². The average molecular weight is 277 g/mol. The maximum Gasteiger partial charge on any atom is 0.108 e. The SMILES string of the molecule is CCCC1CCC(CN)C(Cc2nccn2CCC)C1. The lowest BCUT2D eigenvalue weighted by Crippen LogP contribution is -2.32. The minimum atomic E-state index is 0.704. The second-order valence-corrected chi connectivity index (χ2v) is 6.46. The Hall–Kier alpha value is -0.830. The van der Waals surface area contributed by atoms with Gasteiger partial charge in [-0.1, -0.05) is 33.1 Å². The molecule has 0 amide bonds. The lowest BCUT2D eigenvalue weighted by atomic mass is 9.71. The molecule has 1 aliphatic carbocycles. The molecule has 114 valence electrons. The van der Waals surface area contributed by atoms with E-state index in [9.17, 15) is 0 Å². The zero-order valence-electron chi connectivity index (χ0n) is 13.2. The quantitative estimate of drug-likeness (QED) is 0.827. The van der Waals surface area contributed by atoms with Gasteiger partial charge in [-0.2, -0.15) is 0 Å². The Morgan fingerprint density at radius 2 is 2.10 bits per heavy atom. The number of nitrogens with zero attached hydrogens (tertiary/aromatic N) is 2. The number of aromatic nitrogens is 2. The van der Waals surface area contributed by atoms with E-state index < -0.39 is 0 Å². The molecule has 3 unspecified atom stereocenters. The van der Waals surface area contributed by atoms with E-state index in [0.29, 0.717) is 5.92 Å². The maximum absolute atomic E-state index is 6.01. The Morgan fingerprint density at radius 3 is 2.80 bits per heavy atom. The van der Waals surface area contributed by atoms with E-state index >= 15 is 0 Å². The molecule has 0 radical (unpaired) electrons. The first-order chi connectivity index (χ1) is 9.78. The molecule has 20 heavy (non-hydrogen) atoms. The lowest BCUT2D eigenvalue weighted by molar-refractivity contribution is 0.172. The molecule has 3 heteroatoms. The Morgan fingerprint density at radius 1 is 1.25 bits per heavy atom. The second-order valence-electron chi connectivity index (χ2n) is 6.46. The standard InChI is InChI=1S/C17H31N3/c1-3-5-14-6-7-15(13-18)16(11-14)12-17-19-8-10-20(17)9-4-2/h8,10,14-16H,3-7,9,11-13,18H2,1-2H3. The zero-order valence-corrected chi connectivity index (χ0v) is 13.2. The number of nitrogens with two attached hydrogens (primary N) is 1. The van der Waals surface area contributed by atoms with E-state index in [1.807, 2.05) is 6.20 Å². The predicted octanol–water partition coefficient (Wildman–Crippen LogP) is 3.63. The molecule has 1 heterocycles. The third kappa shape index (κ3) is 3.85. The minimum Gasteiger partial charge on any atom is -0.335 e. The average Bonchev–Trinajstić information content (AvgIpc) is 2.87. The molecular formula is C17H31N3. The molecule has 1 aliphatic rings. The number of hydrogen-bond donors (Lipinski definition) is 1. The molecule has 3 nitrogen and oxygen atoms in total. The van der Waals surface area contributed by atoms with Crippen LogP contribution in [0.2, 0.25) is 0 Å². The highest BCUT2D eigenvalue weighted by atomic mass is 15.1. The van der Waals surface area contributed by atoms with Gasteiger partial charge in [0.05, 0.1) is 0 Å². The molecule has 1 aromatic heterocycles. The molecule has 0 saturated heterocycles. The summed E-state index contributed by atoms with van der Waals surface area (Å²) in [6.45, 7) is 6.47. The highest BCUT2D eigenvalue weighted by Crippen LogP contribution is 2.37. The summed E-state index contributed by atoms with van der Waals surface area (Å²) in [5.74, 6) is 3.63. The van der Waals surface area contributed by atoms with Crippen LogP contribution in [0.5, 0.6) is 0 Å². The highest BCUT2D eigenvalue weighted by molar-refractivity contribution is 4.96. The van der Waals surface area contributed by atoms with Gasteiger partial charge >= 0.3 is 0 Å². The summed E-state index contributed by atoms with van der Waals surface area (Å²) in [6, 6.07) is 0. The van der Waals surface area contributed by atoms with Crippen molar-refractivity contribution < 1.29 is 0 Å². The van der Waals surface area contributed by atoms with Crippen LogP contribution >= 0.6 is 0 Å². The first-order valence-electron chi connectivity index (χ1n) is 8.48. The molecule has 3 atom stereocenters. The van der Waals surface area contributed by atoms with Gasteiger partial charge in [0, 0.05) is 25.4 Å². The van der Waals surface area contributed by atoms with Crippen LogP contribution in [0.15, 0.2) is 12.4 Å². The van der Waals surface area contributed by atoms with Crippen molar-refractivity contribution in [2.24, 2.45) is 23.5 Å². The summed E-state index contributed by atoms with van der Waals surface area (Å²) in [5.41, 5.74) is 6.01. The van der Waals surface area contributed by atoms with Gasteiger partial charge in [0.2, 0.25) is 0 Å². The normalized spacial score (nSPS) is 26.9. The predicted molar refractivity (Wildman–Crippen MR) is 84.5 cm³/mol. The van der Waals surface area contributed by atoms with E-state index in [2.05, 4.69) is 29.6 Å². The smallest absolute Gasteiger partial charge is 0.108 e. The van der Waals surface area contributed by atoms with Crippen LogP contribution in [0.3, 0.4) is 0 Å². The fourth-order valence-electron chi connectivity index (χ4n) is 3.86. The molecule has 2 rings (SSSR count). The summed E-state index contributed by atoms with van der Waals surface area (Å²) < 4.78 is 2.33. The zero-order chi connectivity index (χ0) is 14.4. The van der Waals surface area contributed by atoms with Crippen LogP contribution in [0.25, 0.3) is 0 Å². The van der Waals surface area contributed by atoms with E-state index in [-0.39, 0.29) is 0 Å². The van der Waals surface area contributed by atoms with Gasteiger partial charge in [-0.3, -0.25) is 0 Å². The Balaban J connectivity index is 2.01. The summed E-state index contributed by atoms with van der Waals surface area (Å²) in [4.78, 5) is 4.59. The third-order valence-corrected chi connectivity index (χ3v) is 4.96. The summed E-state index contributed by atoms with van der Waals surface area (Å²) in [7, 11) is 0. The van der Waals surface area contributed by atoms with Crippen LogP contribution < -0.4 is 5.73 Å². The number of imidazole rings is 1. The van der Waals surface area contributed by atoms with Crippen molar-refractivity contribution in [2.45, 2.75) is 65.3 Å². The van der Waals surface area contributed by atoms with Gasteiger partial charge in [-0.25, -0.2) is 4.98 Å². The molecule has 1 aromatic rings. The van der Waals surface area contributed by atoms with Crippen molar-refractivity contribution in [3.8, 4) is 0 Å². The molecule has 1 saturated carbocycles. The monoisotopic (exact) mass is 277 g/mol. The van der Waals surface area contributed by atoms with Gasteiger partial charge in [0.15, 0.2) is 0 Å². The third-order valence-electron chi connectivity index (χ3n) is 4.96. The Bertz CT molecular complexity index is 385. The van der Waals surface area contributed by atoms with Crippen LogP contribution in [-0.4, -0.2) is 16.1 Å². The summed E-state index contributed by atoms with van der Waals surface area (Å²) in [5, 5.41) is 0. The fraction of sp³-hybridized carbons (Fsp3) is 0.824. The van der Waals surface area contributed by atoms with E-state index in [1.165, 1.54) is 44.3 Å². The molecular weight excluding hydrogens is 246 g/mol. The van der Waals surface area contributed by atoms with Gasteiger partial charge in [-0.05, 0) is 43.6 Å². The summed E-state index contributed by atoms with van der Waals surface area (Å²) >= 11 is 0. The van der Waals surface area contributed by atoms with Gasteiger partial charge in [0.1, 0.15) is 5.82 Å². The Kier molecular flexibility index (Phi) is 6.08. The molecule has 0 aromatic carbocycles. The molecule has 1 fully saturated rings. The van der Waals surface area contributed by atoms with Crippen LogP contribution in [-0.2, 0) is 13.0 Å². The van der Waals surface area contributed by atoms with Crippen LogP contribution in [0.4, 0.5) is 0 Å². The Labute approximate surface area is 124 Å². The van der Waals surface area contributed by atoms with Crippen molar-refractivity contribution in [3.63, 3.8) is 0 Å². The van der Waals surface area contributed by atoms with Crippen molar-refractivity contribution >= 4 is 0 Å². The van der Waals surface area contributed by atoms with Crippen molar-refractivity contribution in [2.75, 3.05) is 6.54 Å². The molecule has 0 aliphatic heterocycles. The van der Waals surface area contributed by atoms with Crippen molar-refractivity contribution in [3.05, 3.63) is 18.2 Å². The van der Waals surface area contributed by atoms with Gasteiger partial charge < -0.3 is 10.3 Å². The van der Waals surface area contributed by atoms with Gasteiger partial charge in [0.25, 0.3) is 0 Å². The van der Waals surface area contributed by atoms with Crippen LogP contribution in [0, 0.1) is 17.8 Å².